The summed E-state index contributed by atoms with van der Waals surface area (Å²) in [5, 5.41) is 11.4. The number of rotatable bonds is 6. The van der Waals surface area contributed by atoms with Crippen LogP contribution in [0.4, 0.5) is 0 Å². The van der Waals surface area contributed by atoms with Crippen molar-refractivity contribution >= 4 is 29.1 Å². The van der Waals surface area contributed by atoms with E-state index in [-0.39, 0.29) is 24.5 Å². The zero-order chi connectivity index (χ0) is 21.1. The van der Waals surface area contributed by atoms with Gasteiger partial charge in [-0.3, -0.25) is 9.59 Å². The van der Waals surface area contributed by atoms with Crippen molar-refractivity contribution in [3.63, 3.8) is 0 Å². The van der Waals surface area contributed by atoms with E-state index in [1.54, 1.807) is 12.1 Å². The SMILES string of the molecule is COCCN1C(=O)C(=O)/C(=C(/O)c2ccc(Cl)c(OC)c2)C1c1ccccc1C. The lowest BCUT2D eigenvalue weighted by atomic mass is 9.92. The van der Waals surface area contributed by atoms with Crippen LogP contribution in [0, 0.1) is 6.92 Å². The molecular weight excluding hydrogens is 394 g/mol. The first-order chi connectivity index (χ1) is 13.9. The molecule has 2 aromatic carbocycles. The second-order valence-electron chi connectivity index (χ2n) is 6.69. The number of ketones is 1. The third kappa shape index (κ3) is 3.86. The molecule has 1 aliphatic heterocycles. The number of ether oxygens (including phenoxy) is 2. The molecule has 0 radical (unpaired) electrons. The predicted octanol–water partition coefficient (Wildman–Crippen LogP) is 3.73. The van der Waals surface area contributed by atoms with Crippen LogP contribution in [-0.4, -0.2) is 49.1 Å². The number of carbonyl (C=O) groups is 2. The quantitative estimate of drug-likeness (QED) is 0.442. The van der Waals surface area contributed by atoms with E-state index in [9.17, 15) is 14.7 Å². The van der Waals surface area contributed by atoms with E-state index in [1.165, 1.54) is 25.2 Å². The number of nitrogens with zero attached hydrogens (tertiary/aromatic N) is 1. The molecule has 1 unspecified atom stereocenters. The summed E-state index contributed by atoms with van der Waals surface area (Å²) in [6, 6.07) is 11.4. The summed E-state index contributed by atoms with van der Waals surface area (Å²) < 4.78 is 10.3. The van der Waals surface area contributed by atoms with E-state index in [2.05, 4.69) is 0 Å². The van der Waals surface area contributed by atoms with E-state index in [0.717, 1.165) is 11.1 Å². The summed E-state index contributed by atoms with van der Waals surface area (Å²) in [5.41, 5.74) is 2.05. The molecule has 0 bridgehead atoms. The fourth-order valence-electron chi connectivity index (χ4n) is 3.48. The average molecular weight is 416 g/mol. The summed E-state index contributed by atoms with van der Waals surface area (Å²) in [4.78, 5) is 27.1. The summed E-state index contributed by atoms with van der Waals surface area (Å²) in [6.07, 6.45) is 0. The minimum absolute atomic E-state index is 0.0322. The van der Waals surface area contributed by atoms with Crippen LogP contribution in [0.5, 0.6) is 5.75 Å². The Morgan fingerprint density at radius 1 is 1.17 bits per heavy atom. The number of amides is 1. The Balaban J connectivity index is 2.20. The normalized spacial score (nSPS) is 18.3. The largest absolute Gasteiger partial charge is 0.507 e. The van der Waals surface area contributed by atoms with Gasteiger partial charge in [0.2, 0.25) is 0 Å². The van der Waals surface area contributed by atoms with E-state index < -0.39 is 17.7 Å². The van der Waals surface area contributed by atoms with Gasteiger partial charge in [0, 0.05) is 19.2 Å². The van der Waals surface area contributed by atoms with Gasteiger partial charge in [0.05, 0.1) is 30.4 Å². The standard InChI is InChI=1S/C22H22ClNO5/c1-13-6-4-5-7-15(13)19-18(21(26)22(27)24(19)10-11-28-2)20(25)14-8-9-16(23)17(12-14)29-3/h4-9,12,19,25H,10-11H2,1-3H3/b20-18+. The van der Waals surface area contributed by atoms with Crippen LogP contribution < -0.4 is 4.74 Å². The van der Waals surface area contributed by atoms with E-state index in [1.807, 2.05) is 31.2 Å². The van der Waals surface area contributed by atoms with Crippen molar-refractivity contribution in [2.24, 2.45) is 0 Å². The van der Waals surface area contributed by atoms with E-state index in [0.29, 0.717) is 16.3 Å². The zero-order valence-electron chi connectivity index (χ0n) is 16.4. The van der Waals surface area contributed by atoms with Gasteiger partial charge in [-0.1, -0.05) is 35.9 Å². The molecule has 1 atom stereocenters. The molecule has 1 saturated heterocycles. The maximum Gasteiger partial charge on any atom is 0.295 e. The van der Waals surface area contributed by atoms with Crippen LogP contribution in [0.2, 0.25) is 5.02 Å². The highest BCUT2D eigenvalue weighted by atomic mass is 35.5. The molecule has 7 heteroatoms. The highest BCUT2D eigenvalue weighted by Crippen LogP contribution is 2.41. The average Bonchev–Trinajstić information content (AvgIpc) is 2.97. The number of benzene rings is 2. The first-order valence-corrected chi connectivity index (χ1v) is 9.45. The number of Topliss-reactive ketones (excluding diaryl/α,β-unsaturated/α-hetero) is 1. The Hall–Kier alpha value is -2.83. The minimum atomic E-state index is -0.735. The number of halogens is 1. The van der Waals surface area contributed by atoms with Gasteiger partial charge in [-0.25, -0.2) is 0 Å². The second-order valence-corrected chi connectivity index (χ2v) is 7.10. The molecule has 1 N–H and O–H groups in total. The maximum atomic E-state index is 12.9. The molecule has 3 rings (SSSR count). The topological polar surface area (TPSA) is 76.1 Å². The molecule has 0 aliphatic carbocycles. The van der Waals surface area contributed by atoms with Gasteiger partial charge in [-0.05, 0) is 36.2 Å². The van der Waals surface area contributed by atoms with Gasteiger partial charge in [-0.15, -0.1) is 0 Å². The first-order valence-electron chi connectivity index (χ1n) is 9.07. The fraction of sp³-hybridized carbons (Fsp3) is 0.273. The highest BCUT2D eigenvalue weighted by molar-refractivity contribution is 6.46. The number of hydrogen-bond donors (Lipinski definition) is 1. The van der Waals surface area contributed by atoms with Crippen molar-refractivity contribution in [1.82, 2.24) is 4.90 Å². The summed E-state index contributed by atoms with van der Waals surface area (Å²) in [7, 11) is 2.99. The number of aryl methyl sites for hydroxylation is 1. The second kappa shape index (κ2) is 8.68. The molecule has 1 amide bonds. The van der Waals surface area contributed by atoms with Gasteiger partial charge in [0.1, 0.15) is 11.5 Å². The summed E-state index contributed by atoms with van der Waals surface area (Å²) in [6.45, 7) is 2.39. The summed E-state index contributed by atoms with van der Waals surface area (Å²) >= 11 is 6.07. The molecule has 0 saturated carbocycles. The predicted molar refractivity (Wildman–Crippen MR) is 110 cm³/mol. The van der Waals surface area contributed by atoms with Crippen molar-refractivity contribution in [2.45, 2.75) is 13.0 Å². The number of likely N-dealkylation sites (tertiary alicyclic amines) is 1. The molecule has 2 aromatic rings. The number of aliphatic hydroxyl groups excluding tert-OH is 1. The fourth-order valence-corrected chi connectivity index (χ4v) is 3.67. The number of aliphatic hydroxyl groups is 1. The monoisotopic (exact) mass is 415 g/mol. The van der Waals surface area contributed by atoms with E-state index in [4.69, 9.17) is 21.1 Å². The molecular formula is C22H22ClNO5. The van der Waals surface area contributed by atoms with Crippen LogP contribution in [0.15, 0.2) is 48.0 Å². The number of methoxy groups -OCH3 is 2. The molecule has 1 heterocycles. The Labute approximate surface area is 174 Å². The van der Waals surface area contributed by atoms with Gasteiger partial charge in [0.15, 0.2) is 0 Å². The minimum Gasteiger partial charge on any atom is -0.507 e. The van der Waals surface area contributed by atoms with E-state index >= 15 is 0 Å². The highest BCUT2D eigenvalue weighted by Gasteiger charge is 2.46. The van der Waals surface area contributed by atoms with Crippen molar-refractivity contribution in [3.05, 3.63) is 69.8 Å². The van der Waals surface area contributed by atoms with Crippen molar-refractivity contribution < 1.29 is 24.2 Å². The zero-order valence-corrected chi connectivity index (χ0v) is 17.2. The third-order valence-corrected chi connectivity index (χ3v) is 5.30. The smallest absolute Gasteiger partial charge is 0.295 e. The molecule has 29 heavy (non-hydrogen) atoms. The van der Waals surface area contributed by atoms with Crippen molar-refractivity contribution in [1.29, 1.82) is 0 Å². The Morgan fingerprint density at radius 2 is 1.90 bits per heavy atom. The van der Waals surface area contributed by atoms with Crippen molar-refractivity contribution in [3.8, 4) is 5.75 Å². The molecule has 1 fully saturated rings. The Bertz CT molecular complexity index is 985. The van der Waals surface area contributed by atoms with Gasteiger partial charge >= 0.3 is 0 Å². The molecule has 0 spiro atoms. The Morgan fingerprint density at radius 3 is 2.55 bits per heavy atom. The van der Waals surface area contributed by atoms with Crippen LogP contribution in [-0.2, 0) is 14.3 Å². The third-order valence-electron chi connectivity index (χ3n) is 4.98. The summed E-state index contributed by atoms with van der Waals surface area (Å²) in [5.74, 6) is -1.32. The molecule has 1 aliphatic rings. The molecule has 152 valence electrons. The van der Waals surface area contributed by atoms with Crippen molar-refractivity contribution in [2.75, 3.05) is 27.4 Å². The number of hydrogen-bond acceptors (Lipinski definition) is 5. The molecule has 6 nitrogen and oxygen atoms in total. The first kappa shape index (κ1) is 20.9. The lowest BCUT2D eigenvalue weighted by Gasteiger charge is -2.26. The lowest BCUT2D eigenvalue weighted by Crippen LogP contribution is -2.32. The van der Waals surface area contributed by atoms with Crippen LogP contribution in [0.25, 0.3) is 5.76 Å². The Kier molecular flexibility index (Phi) is 6.25. The van der Waals surface area contributed by atoms with Gasteiger partial charge in [0.25, 0.3) is 11.7 Å². The number of carbonyl (C=O) groups excluding carboxylic acids is 2. The van der Waals surface area contributed by atoms with Gasteiger partial charge in [-0.2, -0.15) is 0 Å². The van der Waals surface area contributed by atoms with Crippen LogP contribution in [0.1, 0.15) is 22.7 Å². The van der Waals surface area contributed by atoms with Crippen LogP contribution in [0.3, 0.4) is 0 Å². The van der Waals surface area contributed by atoms with Gasteiger partial charge < -0.3 is 19.5 Å². The lowest BCUT2D eigenvalue weighted by molar-refractivity contribution is -0.140. The molecule has 0 aromatic heterocycles. The van der Waals surface area contributed by atoms with Crippen LogP contribution >= 0.6 is 11.6 Å². The maximum absolute atomic E-state index is 12.9.